The number of alkyl halides is 3. The number of carbonyl (C=O) groups is 1. The minimum Gasteiger partial charge on any atom is -0.406 e. The average molecular weight is 380 g/mol. The molecule has 0 aliphatic carbocycles. The molecule has 0 bridgehead atoms. The van der Waals surface area contributed by atoms with E-state index in [0.29, 0.717) is 31.5 Å². The van der Waals surface area contributed by atoms with Gasteiger partial charge in [0.2, 0.25) is 15.9 Å². The highest BCUT2D eigenvalue weighted by Gasteiger charge is 2.31. The zero-order valence-electron chi connectivity index (χ0n) is 13.5. The van der Waals surface area contributed by atoms with E-state index >= 15 is 0 Å². The highest BCUT2D eigenvalue weighted by atomic mass is 32.2. The number of likely N-dealkylation sites (tertiary alicyclic amines) is 1. The van der Waals surface area contributed by atoms with E-state index in [0.717, 1.165) is 6.26 Å². The van der Waals surface area contributed by atoms with Crippen molar-refractivity contribution in [2.24, 2.45) is 0 Å². The summed E-state index contributed by atoms with van der Waals surface area (Å²) < 4.78 is 65.0. The Morgan fingerprint density at radius 1 is 1.24 bits per heavy atom. The first-order chi connectivity index (χ1) is 11.5. The van der Waals surface area contributed by atoms with Gasteiger partial charge in [-0.2, -0.15) is 0 Å². The molecule has 0 radical (unpaired) electrons. The Morgan fingerprint density at radius 3 is 2.28 bits per heavy atom. The van der Waals surface area contributed by atoms with Crippen LogP contribution >= 0.6 is 0 Å². The van der Waals surface area contributed by atoms with Gasteiger partial charge in [-0.15, -0.1) is 13.2 Å². The Balaban J connectivity index is 1.84. The zero-order valence-corrected chi connectivity index (χ0v) is 14.4. The maximum atomic E-state index is 12.2. The molecule has 2 rings (SSSR count). The summed E-state index contributed by atoms with van der Waals surface area (Å²) in [5.41, 5.74) is 0.580. The Bertz CT molecular complexity index is 696. The molecule has 1 fully saturated rings. The molecule has 0 spiro atoms. The molecule has 1 N–H and O–H groups in total. The molecule has 10 heteroatoms. The van der Waals surface area contributed by atoms with Gasteiger partial charge in [0.05, 0.1) is 12.7 Å². The van der Waals surface area contributed by atoms with E-state index in [4.69, 9.17) is 0 Å². The fourth-order valence-corrected chi connectivity index (χ4v) is 3.49. The molecule has 0 atom stereocenters. The maximum absolute atomic E-state index is 12.2. The van der Waals surface area contributed by atoms with Gasteiger partial charge in [0, 0.05) is 19.1 Å². The summed E-state index contributed by atoms with van der Waals surface area (Å²) in [4.78, 5) is 13.9. The average Bonchev–Trinajstić information content (AvgIpc) is 2.47. The maximum Gasteiger partial charge on any atom is 0.573 e. The van der Waals surface area contributed by atoms with Crippen molar-refractivity contribution in [3.05, 3.63) is 29.8 Å². The number of rotatable bonds is 5. The minimum atomic E-state index is -4.75. The van der Waals surface area contributed by atoms with Crippen LogP contribution in [0.1, 0.15) is 18.4 Å². The summed E-state index contributed by atoms with van der Waals surface area (Å²) in [6.45, 7) is 0.864. The molecule has 1 saturated heterocycles. The lowest BCUT2D eigenvalue weighted by Crippen LogP contribution is -2.46. The first-order valence-electron chi connectivity index (χ1n) is 7.61. The second-order valence-electron chi connectivity index (χ2n) is 5.91. The molecule has 0 aromatic heterocycles. The number of benzene rings is 1. The van der Waals surface area contributed by atoms with Gasteiger partial charge < -0.3 is 9.64 Å². The van der Waals surface area contributed by atoms with Gasteiger partial charge in [-0.1, -0.05) is 12.1 Å². The van der Waals surface area contributed by atoms with Crippen LogP contribution in [0.3, 0.4) is 0 Å². The number of nitrogens with zero attached hydrogens (tertiary/aromatic N) is 1. The molecule has 6 nitrogen and oxygen atoms in total. The van der Waals surface area contributed by atoms with Gasteiger partial charge in [0.25, 0.3) is 0 Å². The predicted octanol–water partition coefficient (Wildman–Crippen LogP) is 1.67. The van der Waals surface area contributed by atoms with Crippen LogP contribution in [-0.4, -0.2) is 51.0 Å². The van der Waals surface area contributed by atoms with Crippen LogP contribution in [0.4, 0.5) is 13.2 Å². The summed E-state index contributed by atoms with van der Waals surface area (Å²) in [5.74, 6) is -0.487. The Morgan fingerprint density at radius 2 is 1.80 bits per heavy atom. The SMILES string of the molecule is CS(=O)(=O)NC1CCN(C(=O)Cc2ccc(OC(F)(F)F)cc2)CC1. The number of hydrogen-bond acceptors (Lipinski definition) is 4. The summed E-state index contributed by atoms with van der Waals surface area (Å²) in [6, 6.07) is 4.97. The molecule has 1 aliphatic rings. The van der Waals surface area contributed by atoms with Crippen LogP contribution in [0, 0.1) is 0 Å². The normalized spacial score (nSPS) is 16.7. The van der Waals surface area contributed by atoms with E-state index in [1.54, 1.807) is 4.90 Å². The van der Waals surface area contributed by atoms with Crippen LogP contribution in [0.2, 0.25) is 0 Å². The van der Waals surface area contributed by atoms with Crippen molar-refractivity contribution in [2.75, 3.05) is 19.3 Å². The molecule has 0 saturated carbocycles. The van der Waals surface area contributed by atoms with Crippen molar-refractivity contribution in [3.63, 3.8) is 0 Å². The molecule has 1 heterocycles. The third-order valence-corrected chi connectivity index (χ3v) is 4.50. The lowest BCUT2D eigenvalue weighted by atomic mass is 10.0. The molecular formula is C15H19F3N2O4S. The molecule has 140 valence electrons. The van der Waals surface area contributed by atoms with Crippen LogP contribution in [0.5, 0.6) is 5.75 Å². The number of sulfonamides is 1. The first kappa shape index (κ1) is 19.5. The van der Waals surface area contributed by atoms with Crippen molar-refractivity contribution in [1.82, 2.24) is 9.62 Å². The number of halogens is 3. The van der Waals surface area contributed by atoms with Crippen molar-refractivity contribution < 1.29 is 31.1 Å². The first-order valence-corrected chi connectivity index (χ1v) is 9.51. The van der Waals surface area contributed by atoms with E-state index in [1.165, 1.54) is 24.3 Å². The Kier molecular flexibility index (Phi) is 5.94. The Hall–Kier alpha value is -1.81. The summed E-state index contributed by atoms with van der Waals surface area (Å²) in [6.07, 6.45) is -2.54. The number of carbonyl (C=O) groups excluding carboxylic acids is 1. The molecule has 1 aromatic rings. The number of amides is 1. The summed E-state index contributed by atoms with van der Waals surface area (Å²) in [7, 11) is -3.27. The lowest BCUT2D eigenvalue weighted by Gasteiger charge is -2.32. The fourth-order valence-electron chi connectivity index (χ4n) is 2.64. The van der Waals surface area contributed by atoms with Gasteiger partial charge in [-0.05, 0) is 30.5 Å². The lowest BCUT2D eigenvalue weighted by molar-refractivity contribution is -0.274. The van der Waals surface area contributed by atoms with E-state index in [2.05, 4.69) is 9.46 Å². The van der Waals surface area contributed by atoms with Crippen molar-refractivity contribution in [2.45, 2.75) is 31.7 Å². The Labute approximate surface area is 144 Å². The second-order valence-corrected chi connectivity index (χ2v) is 7.69. The molecular weight excluding hydrogens is 361 g/mol. The molecule has 0 unspecified atom stereocenters. The zero-order chi connectivity index (χ0) is 18.7. The van der Waals surface area contributed by atoms with Gasteiger partial charge in [0.15, 0.2) is 0 Å². The second kappa shape index (κ2) is 7.61. The fraction of sp³-hybridized carbons (Fsp3) is 0.533. The van der Waals surface area contributed by atoms with Gasteiger partial charge in [-0.3, -0.25) is 4.79 Å². The highest BCUT2D eigenvalue weighted by Crippen LogP contribution is 2.23. The number of ether oxygens (including phenoxy) is 1. The van der Waals surface area contributed by atoms with Crippen LogP contribution in [0.15, 0.2) is 24.3 Å². The smallest absolute Gasteiger partial charge is 0.406 e. The third-order valence-electron chi connectivity index (χ3n) is 3.74. The number of nitrogens with one attached hydrogen (secondary N) is 1. The van der Waals surface area contributed by atoms with Crippen LogP contribution in [-0.2, 0) is 21.2 Å². The van der Waals surface area contributed by atoms with E-state index < -0.39 is 16.4 Å². The largest absolute Gasteiger partial charge is 0.573 e. The van der Waals surface area contributed by atoms with Gasteiger partial charge >= 0.3 is 6.36 Å². The standard InChI is InChI=1S/C15H19F3N2O4S/c1-25(22,23)19-12-6-8-20(9-7-12)14(21)10-11-2-4-13(5-3-11)24-15(16,17)18/h2-5,12,19H,6-10H2,1H3. The number of piperidine rings is 1. The van der Waals surface area contributed by atoms with E-state index in [-0.39, 0.29) is 24.1 Å². The van der Waals surface area contributed by atoms with E-state index in [9.17, 15) is 26.4 Å². The van der Waals surface area contributed by atoms with Crippen molar-refractivity contribution in [3.8, 4) is 5.75 Å². The molecule has 25 heavy (non-hydrogen) atoms. The van der Waals surface area contributed by atoms with Crippen molar-refractivity contribution in [1.29, 1.82) is 0 Å². The summed E-state index contributed by atoms with van der Waals surface area (Å²) in [5, 5.41) is 0. The van der Waals surface area contributed by atoms with Crippen LogP contribution < -0.4 is 9.46 Å². The molecule has 1 amide bonds. The summed E-state index contributed by atoms with van der Waals surface area (Å²) >= 11 is 0. The molecule has 1 aromatic carbocycles. The topological polar surface area (TPSA) is 75.7 Å². The third kappa shape index (κ3) is 6.91. The molecule has 1 aliphatic heterocycles. The predicted molar refractivity (Wildman–Crippen MR) is 84.4 cm³/mol. The monoisotopic (exact) mass is 380 g/mol. The van der Waals surface area contributed by atoms with Gasteiger partial charge in [-0.25, -0.2) is 13.1 Å². The van der Waals surface area contributed by atoms with E-state index in [1.807, 2.05) is 0 Å². The highest BCUT2D eigenvalue weighted by molar-refractivity contribution is 7.88. The quantitative estimate of drug-likeness (QED) is 0.843. The minimum absolute atomic E-state index is 0.0659. The van der Waals surface area contributed by atoms with Gasteiger partial charge in [0.1, 0.15) is 5.75 Å². The van der Waals surface area contributed by atoms with Crippen LogP contribution in [0.25, 0.3) is 0 Å². The van der Waals surface area contributed by atoms with Crippen molar-refractivity contribution >= 4 is 15.9 Å². The number of hydrogen-bond donors (Lipinski definition) is 1.